The summed E-state index contributed by atoms with van der Waals surface area (Å²) in [5.41, 5.74) is 1.93. The van der Waals surface area contributed by atoms with E-state index in [0.717, 1.165) is 24.3 Å². The number of nitrogens with zero attached hydrogens (tertiary/aromatic N) is 3. The minimum absolute atomic E-state index is 0.222. The number of amides is 1. The van der Waals surface area contributed by atoms with E-state index in [1.54, 1.807) is 4.90 Å². The molecule has 3 heterocycles. The van der Waals surface area contributed by atoms with E-state index in [9.17, 15) is 9.59 Å². The van der Waals surface area contributed by atoms with Crippen molar-refractivity contribution >= 4 is 5.91 Å². The molecule has 4 rings (SSSR count). The van der Waals surface area contributed by atoms with Gasteiger partial charge in [0.1, 0.15) is 17.1 Å². The maximum Gasteiger partial charge on any atom is 0.274 e. The second kappa shape index (κ2) is 6.95. The van der Waals surface area contributed by atoms with Gasteiger partial charge in [-0.1, -0.05) is 30.3 Å². The first-order chi connectivity index (χ1) is 12.7. The van der Waals surface area contributed by atoms with Crippen LogP contribution < -0.4 is 5.56 Å². The lowest BCUT2D eigenvalue weighted by Gasteiger charge is -2.24. The number of aryl methyl sites for hydroxylation is 2. The van der Waals surface area contributed by atoms with Gasteiger partial charge in [-0.2, -0.15) is 5.10 Å². The fourth-order valence-corrected chi connectivity index (χ4v) is 3.05. The summed E-state index contributed by atoms with van der Waals surface area (Å²) in [5.74, 6) is 1.34. The molecule has 0 unspecified atom stereocenters. The van der Waals surface area contributed by atoms with Crippen molar-refractivity contribution < 1.29 is 9.21 Å². The normalized spacial score (nSPS) is 13.5. The highest BCUT2D eigenvalue weighted by Gasteiger charge is 2.26. The molecule has 26 heavy (non-hydrogen) atoms. The van der Waals surface area contributed by atoms with Gasteiger partial charge in [-0.3, -0.25) is 9.59 Å². The van der Waals surface area contributed by atoms with E-state index >= 15 is 0 Å². The number of carbonyl (C=O) groups excluding carboxylic acids is 1. The van der Waals surface area contributed by atoms with Gasteiger partial charge in [0.15, 0.2) is 5.89 Å². The van der Waals surface area contributed by atoms with Crippen molar-refractivity contribution in [3.8, 4) is 0 Å². The van der Waals surface area contributed by atoms with Gasteiger partial charge in [0.25, 0.3) is 11.5 Å². The first-order valence-electron chi connectivity index (χ1n) is 8.55. The lowest BCUT2D eigenvalue weighted by atomic mass is 10.1. The highest BCUT2D eigenvalue weighted by atomic mass is 16.4. The van der Waals surface area contributed by atoms with Crippen molar-refractivity contribution in [1.29, 1.82) is 0 Å². The smallest absolute Gasteiger partial charge is 0.274 e. The van der Waals surface area contributed by atoms with Crippen LogP contribution in [0.25, 0.3) is 0 Å². The van der Waals surface area contributed by atoms with E-state index in [4.69, 9.17) is 4.42 Å². The fraction of sp³-hybridized carbons (Fsp3) is 0.263. The number of hydrogen-bond donors (Lipinski definition) is 1. The van der Waals surface area contributed by atoms with Gasteiger partial charge in [0.05, 0.1) is 6.54 Å². The van der Waals surface area contributed by atoms with Gasteiger partial charge < -0.3 is 9.32 Å². The summed E-state index contributed by atoms with van der Waals surface area (Å²) >= 11 is 0. The van der Waals surface area contributed by atoms with Crippen LogP contribution in [0.4, 0.5) is 0 Å². The second-order valence-corrected chi connectivity index (χ2v) is 6.25. The molecule has 0 saturated carbocycles. The third-order valence-electron chi connectivity index (χ3n) is 4.43. The molecule has 0 spiro atoms. The number of aromatic amines is 1. The second-order valence-electron chi connectivity index (χ2n) is 6.25. The summed E-state index contributed by atoms with van der Waals surface area (Å²) < 4.78 is 5.87. The Morgan fingerprint density at radius 2 is 2.00 bits per heavy atom. The van der Waals surface area contributed by atoms with Gasteiger partial charge in [-0.05, 0) is 18.1 Å². The Morgan fingerprint density at radius 1 is 1.15 bits per heavy atom. The number of oxazole rings is 1. The molecule has 132 valence electrons. The molecule has 3 aromatic rings. The Morgan fingerprint density at radius 3 is 2.77 bits per heavy atom. The van der Waals surface area contributed by atoms with E-state index in [-0.39, 0.29) is 17.2 Å². The zero-order valence-corrected chi connectivity index (χ0v) is 14.1. The quantitative estimate of drug-likeness (QED) is 0.774. The van der Waals surface area contributed by atoms with Crippen molar-refractivity contribution in [2.45, 2.75) is 25.8 Å². The molecule has 0 aliphatic carbocycles. The number of H-pyrrole nitrogens is 1. The predicted octanol–water partition coefficient (Wildman–Crippen LogP) is 1.74. The van der Waals surface area contributed by atoms with E-state index < -0.39 is 0 Å². The Kier molecular flexibility index (Phi) is 4.35. The number of fused-ring (bicyclic) bond motifs is 1. The van der Waals surface area contributed by atoms with Gasteiger partial charge in [0, 0.05) is 25.5 Å². The number of rotatable bonds is 4. The first kappa shape index (κ1) is 16.3. The van der Waals surface area contributed by atoms with Crippen molar-refractivity contribution in [1.82, 2.24) is 20.1 Å². The molecule has 0 saturated heterocycles. The molecule has 2 aromatic heterocycles. The van der Waals surface area contributed by atoms with E-state index in [1.165, 1.54) is 17.7 Å². The standard InChI is InChI=1S/C19H18N4O3/c24-17-8-7-14(21-22-17)19(25)23-11-10-16-15(12-23)20-18(26-16)9-6-13-4-2-1-3-5-13/h1-5,7-8H,6,9-12H2,(H,22,24). The maximum atomic E-state index is 12.5. The largest absolute Gasteiger partial charge is 0.445 e. The van der Waals surface area contributed by atoms with Crippen molar-refractivity contribution in [3.63, 3.8) is 0 Å². The number of benzene rings is 1. The van der Waals surface area contributed by atoms with Gasteiger partial charge in [0.2, 0.25) is 0 Å². The number of nitrogens with one attached hydrogen (secondary N) is 1. The van der Waals surface area contributed by atoms with Crippen LogP contribution in [-0.4, -0.2) is 32.5 Å². The topological polar surface area (TPSA) is 92.1 Å². The molecular formula is C19H18N4O3. The zero-order chi connectivity index (χ0) is 17.9. The van der Waals surface area contributed by atoms with Gasteiger partial charge in [-0.15, -0.1) is 0 Å². The molecule has 0 atom stereocenters. The minimum Gasteiger partial charge on any atom is -0.445 e. The lowest BCUT2D eigenvalue weighted by molar-refractivity contribution is 0.0720. The minimum atomic E-state index is -0.331. The molecule has 7 heteroatoms. The van der Waals surface area contributed by atoms with E-state index in [2.05, 4.69) is 27.3 Å². The van der Waals surface area contributed by atoms with Crippen LogP contribution in [0.15, 0.2) is 51.7 Å². The van der Waals surface area contributed by atoms with Gasteiger partial charge >= 0.3 is 0 Å². The summed E-state index contributed by atoms with van der Waals surface area (Å²) in [6, 6.07) is 12.9. The third-order valence-corrected chi connectivity index (χ3v) is 4.43. The number of aromatic nitrogens is 3. The molecule has 1 aliphatic rings. The Bertz CT molecular complexity index is 957. The highest BCUT2D eigenvalue weighted by molar-refractivity contribution is 5.92. The molecule has 1 aliphatic heterocycles. The monoisotopic (exact) mass is 350 g/mol. The highest BCUT2D eigenvalue weighted by Crippen LogP contribution is 2.21. The molecule has 7 nitrogen and oxygen atoms in total. The molecule has 1 aromatic carbocycles. The van der Waals surface area contributed by atoms with Gasteiger partial charge in [-0.25, -0.2) is 10.1 Å². The number of carbonyl (C=O) groups is 1. The van der Waals surface area contributed by atoms with Crippen molar-refractivity contribution in [2.24, 2.45) is 0 Å². The average Bonchev–Trinajstić information content (AvgIpc) is 3.09. The maximum absolute atomic E-state index is 12.5. The van der Waals surface area contributed by atoms with Crippen molar-refractivity contribution in [2.75, 3.05) is 6.54 Å². The van der Waals surface area contributed by atoms with Crippen LogP contribution >= 0.6 is 0 Å². The van der Waals surface area contributed by atoms with Crippen LogP contribution in [0.5, 0.6) is 0 Å². The summed E-state index contributed by atoms with van der Waals surface area (Å²) in [4.78, 5) is 29.8. The Hall–Kier alpha value is -3.22. The number of hydrogen-bond acceptors (Lipinski definition) is 5. The summed E-state index contributed by atoms with van der Waals surface area (Å²) in [6.45, 7) is 0.934. The third kappa shape index (κ3) is 3.42. The molecule has 0 fully saturated rings. The summed E-state index contributed by atoms with van der Waals surface area (Å²) in [5, 5.41) is 6.09. The zero-order valence-electron chi connectivity index (χ0n) is 14.1. The Labute approximate surface area is 149 Å². The van der Waals surface area contributed by atoms with Crippen LogP contribution in [0.3, 0.4) is 0 Å². The van der Waals surface area contributed by atoms with Crippen LogP contribution in [0, 0.1) is 0 Å². The van der Waals surface area contributed by atoms with Crippen LogP contribution in [0.2, 0.25) is 0 Å². The summed E-state index contributed by atoms with van der Waals surface area (Å²) in [6.07, 6.45) is 2.22. The molecule has 0 radical (unpaired) electrons. The summed E-state index contributed by atoms with van der Waals surface area (Å²) in [7, 11) is 0. The lowest BCUT2D eigenvalue weighted by Crippen LogP contribution is -2.36. The average molecular weight is 350 g/mol. The molecular weight excluding hydrogens is 332 g/mol. The van der Waals surface area contributed by atoms with Crippen LogP contribution in [0.1, 0.15) is 33.4 Å². The van der Waals surface area contributed by atoms with E-state index in [0.29, 0.717) is 25.4 Å². The van der Waals surface area contributed by atoms with Crippen molar-refractivity contribution in [3.05, 3.63) is 81.4 Å². The van der Waals surface area contributed by atoms with Crippen LogP contribution in [-0.2, 0) is 25.8 Å². The predicted molar refractivity (Wildman–Crippen MR) is 93.7 cm³/mol. The Balaban J connectivity index is 1.43. The first-order valence-corrected chi connectivity index (χ1v) is 8.55. The SMILES string of the molecule is O=C(c1ccc(=O)[nH]n1)N1CCc2oc(CCc3ccccc3)nc2C1. The molecule has 1 amide bonds. The van der Waals surface area contributed by atoms with E-state index in [1.807, 2.05) is 18.2 Å². The fourth-order valence-electron chi connectivity index (χ4n) is 3.05. The molecule has 0 bridgehead atoms. The molecule has 1 N–H and O–H groups in total.